The van der Waals surface area contributed by atoms with E-state index in [1.807, 2.05) is 24.3 Å². The van der Waals surface area contributed by atoms with E-state index in [0.29, 0.717) is 0 Å². The van der Waals surface area contributed by atoms with Crippen LogP contribution >= 0.6 is 0 Å². The zero-order valence-corrected chi connectivity index (χ0v) is 16.6. The van der Waals surface area contributed by atoms with Crippen molar-refractivity contribution in [2.45, 2.75) is 78.1 Å². The zero-order chi connectivity index (χ0) is 19.0. The number of benzene rings is 2. The van der Waals surface area contributed by atoms with Crippen LogP contribution in [0.15, 0.2) is 48.5 Å². The van der Waals surface area contributed by atoms with Crippen molar-refractivity contribution in [2.75, 3.05) is 0 Å². The molecule has 0 bridgehead atoms. The first-order valence-electron chi connectivity index (χ1n) is 10.3. The van der Waals surface area contributed by atoms with Crippen LogP contribution in [0.5, 0.6) is 11.5 Å². The van der Waals surface area contributed by atoms with E-state index >= 15 is 0 Å². The third-order valence-electron chi connectivity index (χ3n) is 4.53. The summed E-state index contributed by atoms with van der Waals surface area (Å²) in [5.41, 5.74) is 2.03. The van der Waals surface area contributed by atoms with Crippen LogP contribution in [0.3, 0.4) is 0 Å². The second-order valence-corrected chi connectivity index (χ2v) is 6.92. The van der Waals surface area contributed by atoms with E-state index in [-0.39, 0.29) is 11.5 Å². The Morgan fingerprint density at radius 2 is 0.731 bits per heavy atom. The van der Waals surface area contributed by atoms with E-state index in [4.69, 9.17) is 10.2 Å². The van der Waals surface area contributed by atoms with Gasteiger partial charge in [0.15, 0.2) is 0 Å². The molecular weight excluding hydrogens is 320 g/mol. The molecule has 2 rings (SSSR count). The molecule has 0 atom stereocenters. The van der Waals surface area contributed by atoms with E-state index in [9.17, 15) is 0 Å². The Morgan fingerprint density at radius 1 is 0.462 bits per heavy atom. The lowest BCUT2D eigenvalue weighted by Gasteiger charge is -2.01. The standard InChI is InChI=1S/C12H10O2.C12H26/c13-11-5-1-9(2-6-11)10-3-7-12(14)8-4-10;1-3-5-7-9-11-12-10-8-6-4-2/h1-8,13-14H;3-12H2,1-2H3. The Labute approximate surface area is 159 Å². The number of hydrogen-bond donors (Lipinski definition) is 2. The molecule has 0 aliphatic carbocycles. The van der Waals surface area contributed by atoms with Gasteiger partial charge in [0.1, 0.15) is 11.5 Å². The Hall–Kier alpha value is -1.96. The molecule has 2 heteroatoms. The number of phenolic OH excluding ortho intramolecular Hbond substituents is 2. The van der Waals surface area contributed by atoms with Crippen molar-refractivity contribution in [3.8, 4) is 22.6 Å². The SMILES string of the molecule is CCCCCCCCCCCC.Oc1ccc(-c2ccc(O)cc2)cc1. The lowest BCUT2D eigenvalue weighted by molar-refractivity contribution is 0.474. The van der Waals surface area contributed by atoms with E-state index in [0.717, 1.165) is 11.1 Å². The van der Waals surface area contributed by atoms with E-state index in [1.165, 1.54) is 64.2 Å². The molecule has 2 nitrogen and oxygen atoms in total. The molecule has 0 fully saturated rings. The number of rotatable bonds is 10. The number of aromatic hydroxyl groups is 2. The maximum absolute atomic E-state index is 9.11. The fourth-order valence-corrected chi connectivity index (χ4v) is 2.87. The van der Waals surface area contributed by atoms with Crippen LogP contribution in [0, 0.1) is 0 Å². The predicted molar refractivity (Wildman–Crippen MR) is 113 cm³/mol. The van der Waals surface area contributed by atoms with Crippen LogP contribution in [0.2, 0.25) is 0 Å². The maximum Gasteiger partial charge on any atom is 0.115 e. The molecule has 0 aromatic heterocycles. The van der Waals surface area contributed by atoms with Gasteiger partial charge >= 0.3 is 0 Å². The molecule has 0 spiro atoms. The van der Waals surface area contributed by atoms with Gasteiger partial charge in [-0.1, -0.05) is 102 Å². The minimum Gasteiger partial charge on any atom is -0.508 e. The first-order valence-corrected chi connectivity index (χ1v) is 10.3. The van der Waals surface area contributed by atoms with Gasteiger partial charge in [0.25, 0.3) is 0 Å². The van der Waals surface area contributed by atoms with Gasteiger partial charge in [0.2, 0.25) is 0 Å². The topological polar surface area (TPSA) is 40.5 Å². The highest BCUT2D eigenvalue weighted by Gasteiger charge is 1.97. The molecule has 0 aliphatic rings. The van der Waals surface area contributed by atoms with Crippen molar-refractivity contribution in [1.29, 1.82) is 0 Å². The van der Waals surface area contributed by atoms with Gasteiger partial charge in [-0.05, 0) is 35.4 Å². The van der Waals surface area contributed by atoms with Crippen LogP contribution in [0.25, 0.3) is 11.1 Å². The normalized spacial score (nSPS) is 10.2. The molecular formula is C24H36O2. The molecule has 0 radical (unpaired) electrons. The average Bonchev–Trinajstić information content (AvgIpc) is 2.66. The first kappa shape index (κ1) is 22.1. The van der Waals surface area contributed by atoms with Crippen LogP contribution in [0.4, 0.5) is 0 Å². The summed E-state index contributed by atoms with van der Waals surface area (Å²) in [6, 6.07) is 13.9. The zero-order valence-electron chi connectivity index (χ0n) is 16.6. The Balaban J connectivity index is 0.000000265. The third-order valence-corrected chi connectivity index (χ3v) is 4.53. The van der Waals surface area contributed by atoms with Gasteiger partial charge in [-0.25, -0.2) is 0 Å². The van der Waals surface area contributed by atoms with Gasteiger partial charge in [-0.15, -0.1) is 0 Å². The predicted octanol–water partition coefficient (Wildman–Crippen LogP) is 7.69. The molecule has 2 aromatic rings. The quantitative estimate of drug-likeness (QED) is 0.428. The van der Waals surface area contributed by atoms with Gasteiger partial charge in [-0.3, -0.25) is 0 Å². The van der Waals surface area contributed by atoms with Crippen molar-refractivity contribution in [3.05, 3.63) is 48.5 Å². The second-order valence-electron chi connectivity index (χ2n) is 6.92. The van der Waals surface area contributed by atoms with Gasteiger partial charge in [-0.2, -0.15) is 0 Å². The summed E-state index contributed by atoms with van der Waals surface area (Å²) < 4.78 is 0. The highest BCUT2D eigenvalue weighted by Crippen LogP contribution is 2.23. The molecule has 0 aliphatic heterocycles. The minimum absolute atomic E-state index is 0.257. The van der Waals surface area contributed by atoms with Crippen LogP contribution in [-0.2, 0) is 0 Å². The van der Waals surface area contributed by atoms with E-state index < -0.39 is 0 Å². The van der Waals surface area contributed by atoms with Gasteiger partial charge in [0, 0.05) is 0 Å². The number of phenols is 2. The van der Waals surface area contributed by atoms with Gasteiger partial charge in [0.05, 0.1) is 0 Å². The summed E-state index contributed by atoms with van der Waals surface area (Å²) in [5, 5.41) is 18.2. The summed E-state index contributed by atoms with van der Waals surface area (Å²) in [6.07, 6.45) is 14.4. The molecule has 0 saturated carbocycles. The molecule has 0 heterocycles. The summed E-state index contributed by atoms with van der Waals surface area (Å²) in [6.45, 7) is 4.56. The summed E-state index contributed by atoms with van der Waals surface area (Å²) in [5.74, 6) is 0.514. The highest BCUT2D eigenvalue weighted by molar-refractivity contribution is 5.64. The highest BCUT2D eigenvalue weighted by atomic mass is 16.3. The second kappa shape index (κ2) is 14.2. The lowest BCUT2D eigenvalue weighted by Crippen LogP contribution is -1.80. The molecule has 0 amide bonds. The van der Waals surface area contributed by atoms with Crippen molar-refractivity contribution in [3.63, 3.8) is 0 Å². The summed E-state index contributed by atoms with van der Waals surface area (Å²) in [7, 11) is 0. The molecule has 2 N–H and O–H groups in total. The van der Waals surface area contributed by atoms with E-state index in [1.54, 1.807) is 24.3 Å². The molecule has 2 aromatic carbocycles. The van der Waals surface area contributed by atoms with Crippen LogP contribution < -0.4 is 0 Å². The monoisotopic (exact) mass is 356 g/mol. The summed E-state index contributed by atoms with van der Waals surface area (Å²) >= 11 is 0. The smallest absolute Gasteiger partial charge is 0.115 e. The first-order chi connectivity index (χ1) is 12.7. The fraction of sp³-hybridized carbons (Fsp3) is 0.500. The van der Waals surface area contributed by atoms with Crippen molar-refractivity contribution in [2.24, 2.45) is 0 Å². The molecule has 144 valence electrons. The Bertz CT molecular complexity index is 504. The summed E-state index contributed by atoms with van der Waals surface area (Å²) in [4.78, 5) is 0. The maximum atomic E-state index is 9.11. The van der Waals surface area contributed by atoms with Crippen LogP contribution in [0.1, 0.15) is 78.1 Å². The largest absolute Gasteiger partial charge is 0.508 e. The third kappa shape index (κ3) is 10.1. The number of hydrogen-bond acceptors (Lipinski definition) is 2. The molecule has 26 heavy (non-hydrogen) atoms. The fourth-order valence-electron chi connectivity index (χ4n) is 2.87. The van der Waals surface area contributed by atoms with Crippen LogP contribution in [-0.4, -0.2) is 10.2 Å². The minimum atomic E-state index is 0.257. The number of unbranched alkanes of at least 4 members (excludes halogenated alkanes) is 9. The van der Waals surface area contributed by atoms with Crippen molar-refractivity contribution in [1.82, 2.24) is 0 Å². The lowest BCUT2D eigenvalue weighted by atomic mass is 10.1. The molecule has 0 saturated heterocycles. The average molecular weight is 357 g/mol. The van der Waals surface area contributed by atoms with Crippen molar-refractivity contribution < 1.29 is 10.2 Å². The van der Waals surface area contributed by atoms with Gasteiger partial charge < -0.3 is 10.2 Å². The van der Waals surface area contributed by atoms with E-state index in [2.05, 4.69) is 13.8 Å². The molecule has 0 unspecified atom stereocenters. The Morgan fingerprint density at radius 3 is 1.00 bits per heavy atom. The van der Waals surface area contributed by atoms with Crippen molar-refractivity contribution >= 4 is 0 Å². The Kier molecular flexibility index (Phi) is 12.1.